The first-order chi connectivity index (χ1) is 11.0. The third-order valence-corrected chi connectivity index (χ3v) is 7.12. The molecule has 0 aromatic heterocycles. The number of hydrogen-bond acceptors (Lipinski definition) is 4. The number of nitriles is 1. The molecule has 2 aliphatic heterocycles. The van der Waals surface area contributed by atoms with E-state index in [1.54, 1.807) is 6.07 Å². The Balaban J connectivity index is 1.74. The van der Waals surface area contributed by atoms with Crippen LogP contribution in [0.3, 0.4) is 0 Å². The van der Waals surface area contributed by atoms with E-state index in [0.717, 1.165) is 18.4 Å². The lowest BCUT2D eigenvalue weighted by Crippen LogP contribution is -2.42. The van der Waals surface area contributed by atoms with E-state index >= 15 is 0 Å². The molecule has 0 radical (unpaired) electrons. The van der Waals surface area contributed by atoms with Crippen LogP contribution in [-0.2, 0) is 20.2 Å². The Labute approximate surface area is 135 Å². The Morgan fingerprint density at radius 2 is 2.09 bits per heavy atom. The number of anilines is 1. The van der Waals surface area contributed by atoms with E-state index in [1.165, 1.54) is 4.31 Å². The third-order valence-electron chi connectivity index (χ3n) is 5.16. The average Bonchev–Trinajstić information content (AvgIpc) is 3.15. The fourth-order valence-electron chi connectivity index (χ4n) is 3.70. The van der Waals surface area contributed by atoms with Gasteiger partial charge in [-0.2, -0.15) is 9.57 Å². The molecule has 1 aromatic rings. The molecular formula is C16H17N3O3S. The molecule has 0 bridgehead atoms. The van der Waals surface area contributed by atoms with Crippen molar-refractivity contribution >= 4 is 21.6 Å². The van der Waals surface area contributed by atoms with Gasteiger partial charge in [0.2, 0.25) is 15.9 Å². The van der Waals surface area contributed by atoms with Crippen LogP contribution in [0.1, 0.15) is 18.4 Å². The largest absolute Gasteiger partial charge is 0.325 e. The van der Waals surface area contributed by atoms with Crippen LogP contribution in [0, 0.1) is 23.2 Å². The van der Waals surface area contributed by atoms with Crippen LogP contribution in [0.15, 0.2) is 24.3 Å². The van der Waals surface area contributed by atoms with Crippen molar-refractivity contribution in [3.05, 3.63) is 29.8 Å². The molecule has 1 spiro atoms. The van der Waals surface area contributed by atoms with Gasteiger partial charge in [-0.25, -0.2) is 8.42 Å². The highest BCUT2D eigenvalue weighted by Gasteiger charge is 2.59. The number of nitrogens with one attached hydrogen (secondary N) is 1. The van der Waals surface area contributed by atoms with E-state index in [4.69, 9.17) is 0 Å². The van der Waals surface area contributed by atoms with Crippen LogP contribution < -0.4 is 5.32 Å². The minimum Gasteiger partial charge on any atom is -0.325 e. The first-order valence-corrected chi connectivity index (χ1v) is 9.37. The maximum atomic E-state index is 12.6. The van der Waals surface area contributed by atoms with Crippen LogP contribution in [0.25, 0.3) is 0 Å². The number of amides is 1. The molecule has 1 N–H and O–H groups in total. The average molecular weight is 331 g/mol. The monoisotopic (exact) mass is 331 g/mol. The minimum atomic E-state index is -3.43. The predicted octanol–water partition coefficient (Wildman–Crippen LogP) is 1.07. The van der Waals surface area contributed by atoms with Crippen molar-refractivity contribution < 1.29 is 13.2 Å². The molecule has 1 aliphatic carbocycles. The van der Waals surface area contributed by atoms with Gasteiger partial charge in [0.15, 0.2) is 0 Å². The van der Waals surface area contributed by atoms with E-state index in [-0.39, 0.29) is 30.7 Å². The van der Waals surface area contributed by atoms with Crippen LogP contribution in [0.4, 0.5) is 5.69 Å². The summed E-state index contributed by atoms with van der Waals surface area (Å²) in [4.78, 5) is 12.6. The quantitative estimate of drug-likeness (QED) is 0.897. The van der Waals surface area contributed by atoms with Crippen LogP contribution in [0.5, 0.6) is 0 Å². The van der Waals surface area contributed by atoms with Crippen molar-refractivity contribution in [3.63, 3.8) is 0 Å². The van der Waals surface area contributed by atoms with Crippen LogP contribution in [0.2, 0.25) is 0 Å². The lowest BCUT2D eigenvalue weighted by Gasteiger charge is -2.24. The zero-order chi connectivity index (χ0) is 16.2. The van der Waals surface area contributed by atoms with Gasteiger partial charge in [-0.15, -0.1) is 0 Å². The van der Waals surface area contributed by atoms with Crippen molar-refractivity contribution in [2.45, 2.75) is 18.3 Å². The van der Waals surface area contributed by atoms with E-state index in [9.17, 15) is 18.5 Å². The number of nitrogens with zero attached hydrogens (tertiary/aromatic N) is 2. The molecule has 2 atom stereocenters. The van der Waals surface area contributed by atoms with E-state index in [1.807, 2.05) is 18.2 Å². The van der Waals surface area contributed by atoms with Gasteiger partial charge in [0.05, 0.1) is 17.7 Å². The molecule has 1 amide bonds. The molecule has 2 fully saturated rings. The van der Waals surface area contributed by atoms with Gasteiger partial charge < -0.3 is 5.32 Å². The van der Waals surface area contributed by atoms with Gasteiger partial charge in [0, 0.05) is 18.8 Å². The highest BCUT2D eigenvalue weighted by molar-refractivity contribution is 7.89. The lowest BCUT2D eigenvalue weighted by molar-refractivity contribution is -0.121. The number of rotatable bonds is 3. The summed E-state index contributed by atoms with van der Waals surface area (Å²) >= 11 is 0. The number of hydrogen-bond donors (Lipinski definition) is 1. The summed E-state index contributed by atoms with van der Waals surface area (Å²) in [6, 6.07) is 9.41. The fourth-order valence-corrected chi connectivity index (χ4v) is 5.62. The number of fused-ring (bicyclic) bond motifs is 2. The maximum absolute atomic E-state index is 12.6. The molecule has 7 heteroatoms. The van der Waals surface area contributed by atoms with Gasteiger partial charge in [-0.05, 0) is 30.4 Å². The van der Waals surface area contributed by atoms with Crippen molar-refractivity contribution in [3.8, 4) is 6.07 Å². The summed E-state index contributed by atoms with van der Waals surface area (Å²) in [5.41, 5.74) is 0.335. The molecule has 2 heterocycles. The molecule has 2 unspecified atom stereocenters. The van der Waals surface area contributed by atoms with Crippen molar-refractivity contribution in [1.29, 1.82) is 5.26 Å². The Morgan fingerprint density at radius 3 is 2.78 bits per heavy atom. The highest BCUT2D eigenvalue weighted by atomic mass is 32.2. The fraction of sp³-hybridized carbons (Fsp3) is 0.500. The molecule has 3 aliphatic rings. The maximum Gasteiger partial charge on any atom is 0.237 e. The molecule has 23 heavy (non-hydrogen) atoms. The Kier molecular flexibility index (Phi) is 3.06. The Hall–Kier alpha value is -1.91. The first-order valence-electron chi connectivity index (χ1n) is 7.76. The van der Waals surface area contributed by atoms with E-state index < -0.39 is 21.4 Å². The predicted molar refractivity (Wildman–Crippen MR) is 83.9 cm³/mol. The molecule has 6 nitrogen and oxygen atoms in total. The number of carbonyl (C=O) groups is 1. The first kappa shape index (κ1) is 14.7. The topological polar surface area (TPSA) is 90.3 Å². The number of sulfonamides is 1. The normalized spacial score (nSPS) is 30.2. The van der Waals surface area contributed by atoms with Gasteiger partial charge in [0.1, 0.15) is 5.41 Å². The zero-order valence-electron chi connectivity index (χ0n) is 12.5. The Morgan fingerprint density at radius 1 is 1.35 bits per heavy atom. The molecule has 1 saturated carbocycles. The minimum absolute atomic E-state index is 0.0587. The van der Waals surface area contributed by atoms with Crippen LogP contribution in [-0.4, -0.2) is 37.5 Å². The van der Waals surface area contributed by atoms with E-state index in [0.29, 0.717) is 5.69 Å². The van der Waals surface area contributed by atoms with E-state index in [2.05, 4.69) is 11.4 Å². The second-order valence-electron chi connectivity index (χ2n) is 6.67. The summed E-state index contributed by atoms with van der Waals surface area (Å²) in [7, 11) is -3.43. The van der Waals surface area contributed by atoms with Gasteiger partial charge in [-0.1, -0.05) is 18.2 Å². The summed E-state index contributed by atoms with van der Waals surface area (Å²) in [5, 5.41) is 12.4. The zero-order valence-corrected chi connectivity index (χ0v) is 13.3. The smallest absolute Gasteiger partial charge is 0.237 e. The number of carbonyl (C=O) groups excluding carboxylic acids is 1. The molecule has 4 rings (SSSR count). The van der Waals surface area contributed by atoms with Crippen molar-refractivity contribution in [1.82, 2.24) is 4.31 Å². The molecule has 1 aromatic carbocycles. The van der Waals surface area contributed by atoms with Gasteiger partial charge in [0.25, 0.3) is 0 Å². The third kappa shape index (κ3) is 2.09. The van der Waals surface area contributed by atoms with Crippen molar-refractivity contribution in [2.75, 3.05) is 24.2 Å². The lowest BCUT2D eigenvalue weighted by atomic mass is 9.74. The number of para-hydroxylation sites is 1. The standard InChI is InChI=1S/C16H17N3O3S/c17-7-12-8-19(23(21,22)9-11-5-6-11)10-16(12)13-3-1-2-4-14(13)18-15(16)20/h1-4,11-12H,5-6,8-10H2,(H,18,20). The van der Waals surface area contributed by atoms with Gasteiger partial charge >= 0.3 is 0 Å². The summed E-state index contributed by atoms with van der Waals surface area (Å²) in [6.45, 7) is 0.149. The summed E-state index contributed by atoms with van der Waals surface area (Å²) in [5.74, 6) is -0.568. The van der Waals surface area contributed by atoms with Gasteiger partial charge in [-0.3, -0.25) is 4.79 Å². The number of benzene rings is 1. The molecule has 120 valence electrons. The SMILES string of the molecule is N#CC1CN(S(=O)(=O)CC2CC2)CC12C(=O)Nc1ccccc12. The molecule has 1 saturated heterocycles. The Bertz CT molecular complexity index is 825. The molecular weight excluding hydrogens is 314 g/mol. The second-order valence-corrected chi connectivity index (χ2v) is 8.68. The van der Waals surface area contributed by atoms with Crippen LogP contribution >= 0.6 is 0 Å². The summed E-state index contributed by atoms with van der Waals surface area (Å²) < 4.78 is 26.5. The van der Waals surface area contributed by atoms with Crippen molar-refractivity contribution in [2.24, 2.45) is 11.8 Å². The highest BCUT2D eigenvalue weighted by Crippen LogP contribution is 2.48. The second kappa shape index (κ2) is 4.79. The summed E-state index contributed by atoms with van der Waals surface area (Å²) in [6.07, 6.45) is 1.90.